The monoisotopic (exact) mass is 168 g/mol. The second kappa shape index (κ2) is 2.81. The summed E-state index contributed by atoms with van der Waals surface area (Å²) >= 11 is 0. The number of likely N-dealkylation sites (N-methyl/N-ethyl adjacent to an activating group) is 1. The molecule has 1 atom stereocenters. The van der Waals surface area contributed by atoms with Crippen molar-refractivity contribution < 1.29 is 4.79 Å². The molecule has 0 aromatic heterocycles. The molecule has 1 aliphatic rings. The van der Waals surface area contributed by atoms with E-state index in [1.165, 1.54) is 0 Å². The van der Waals surface area contributed by atoms with Crippen LogP contribution in [-0.2, 0) is 4.79 Å². The fraction of sp³-hybridized carbons (Fsp3) is 0.667. The van der Waals surface area contributed by atoms with Crippen LogP contribution in [0, 0.1) is 5.41 Å². The third kappa shape index (κ3) is 1.60. The fourth-order valence-corrected chi connectivity index (χ4v) is 1.40. The lowest BCUT2D eigenvalue weighted by molar-refractivity contribution is -0.130. The Morgan fingerprint density at radius 1 is 1.50 bits per heavy atom. The van der Waals surface area contributed by atoms with Crippen LogP contribution in [0.4, 0.5) is 0 Å². The molecular weight excluding hydrogens is 152 g/mol. The van der Waals surface area contributed by atoms with Crippen LogP contribution in [0.5, 0.6) is 0 Å². The molecule has 0 saturated heterocycles. The molecule has 0 aliphatic carbocycles. The van der Waals surface area contributed by atoms with E-state index in [0.29, 0.717) is 0 Å². The Labute approximate surface area is 73.4 Å². The van der Waals surface area contributed by atoms with Crippen LogP contribution in [0.25, 0.3) is 0 Å². The lowest BCUT2D eigenvalue weighted by atomic mass is 9.91. The van der Waals surface area contributed by atoms with E-state index >= 15 is 0 Å². The van der Waals surface area contributed by atoms with Crippen LogP contribution in [0.3, 0.4) is 0 Å². The summed E-state index contributed by atoms with van der Waals surface area (Å²) in [5, 5.41) is 3.16. The van der Waals surface area contributed by atoms with Crippen molar-refractivity contribution in [3.63, 3.8) is 0 Å². The zero-order chi connectivity index (χ0) is 9.35. The lowest BCUT2D eigenvalue weighted by Gasteiger charge is -2.39. The summed E-state index contributed by atoms with van der Waals surface area (Å²) in [6.07, 6.45) is 3.36. The van der Waals surface area contributed by atoms with Gasteiger partial charge in [0.1, 0.15) is 6.17 Å². The summed E-state index contributed by atoms with van der Waals surface area (Å²) < 4.78 is 0. The predicted octanol–water partition coefficient (Wildman–Crippen LogP) is 0.934. The summed E-state index contributed by atoms with van der Waals surface area (Å²) in [5.41, 5.74) is 0.0647. The summed E-state index contributed by atoms with van der Waals surface area (Å²) in [6.45, 7) is 6.31. The maximum atomic E-state index is 11.3. The number of carbonyl (C=O) groups is 1. The van der Waals surface area contributed by atoms with Gasteiger partial charge in [-0.2, -0.15) is 0 Å². The van der Waals surface area contributed by atoms with Crippen LogP contribution in [0.1, 0.15) is 20.8 Å². The van der Waals surface area contributed by atoms with Gasteiger partial charge in [0.15, 0.2) is 0 Å². The van der Waals surface area contributed by atoms with E-state index in [4.69, 9.17) is 0 Å². The molecule has 1 N–H and O–H groups in total. The molecule has 12 heavy (non-hydrogen) atoms. The van der Waals surface area contributed by atoms with Crippen molar-refractivity contribution in [2.75, 3.05) is 7.05 Å². The van der Waals surface area contributed by atoms with Crippen molar-refractivity contribution in [2.45, 2.75) is 26.9 Å². The van der Waals surface area contributed by atoms with Gasteiger partial charge in [0, 0.05) is 24.7 Å². The van der Waals surface area contributed by atoms with Crippen LogP contribution < -0.4 is 5.32 Å². The number of nitrogens with one attached hydrogen (secondary N) is 1. The second-order valence-electron chi connectivity index (χ2n) is 4.22. The number of rotatable bonds is 0. The highest BCUT2D eigenvalue weighted by Gasteiger charge is 2.31. The highest BCUT2D eigenvalue weighted by molar-refractivity contribution is 5.88. The number of hydrogen-bond donors (Lipinski definition) is 1. The first kappa shape index (κ1) is 9.10. The highest BCUT2D eigenvalue weighted by Crippen LogP contribution is 2.23. The van der Waals surface area contributed by atoms with Gasteiger partial charge in [-0.25, -0.2) is 0 Å². The minimum Gasteiger partial charge on any atom is -0.371 e. The van der Waals surface area contributed by atoms with Crippen molar-refractivity contribution in [2.24, 2.45) is 5.41 Å². The van der Waals surface area contributed by atoms with Gasteiger partial charge in [-0.05, 0) is 0 Å². The summed E-state index contributed by atoms with van der Waals surface area (Å²) in [5.74, 6) is 0.0636. The van der Waals surface area contributed by atoms with Crippen molar-refractivity contribution >= 4 is 5.91 Å². The van der Waals surface area contributed by atoms with Gasteiger partial charge in [-0.3, -0.25) is 4.79 Å². The highest BCUT2D eigenvalue weighted by atomic mass is 16.2. The van der Waals surface area contributed by atoms with Gasteiger partial charge >= 0.3 is 0 Å². The Balaban J connectivity index is 2.81. The van der Waals surface area contributed by atoms with Crippen molar-refractivity contribution in [1.29, 1.82) is 0 Å². The van der Waals surface area contributed by atoms with E-state index in [9.17, 15) is 4.79 Å². The molecule has 0 aromatic rings. The third-order valence-electron chi connectivity index (χ3n) is 2.04. The van der Waals surface area contributed by atoms with Crippen molar-refractivity contribution in [3.05, 3.63) is 12.3 Å². The largest absolute Gasteiger partial charge is 0.371 e. The molecule has 0 radical (unpaired) electrons. The molecule has 3 heteroatoms. The maximum absolute atomic E-state index is 11.3. The number of nitrogens with zero attached hydrogens (tertiary/aromatic N) is 1. The molecule has 3 nitrogen and oxygen atoms in total. The van der Waals surface area contributed by atoms with Crippen LogP contribution in [-0.4, -0.2) is 24.0 Å². The van der Waals surface area contributed by atoms with E-state index in [2.05, 4.69) is 26.1 Å². The van der Waals surface area contributed by atoms with Crippen LogP contribution in [0.2, 0.25) is 0 Å². The lowest BCUT2D eigenvalue weighted by Crippen LogP contribution is -2.54. The Kier molecular flexibility index (Phi) is 2.13. The fourth-order valence-electron chi connectivity index (χ4n) is 1.40. The SMILES string of the molecule is CN1C(=O)C=CNC1C(C)(C)C. The van der Waals surface area contributed by atoms with Gasteiger partial charge in [-0.1, -0.05) is 20.8 Å². The standard InChI is InChI=1S/C9H16N2O/c1-9(2,3)8-10-6-5-7(12)11(8)4/h5-6,8,10H,1-4H3. The quantitative estimate of drug-likeness (QED) is 0.583. The Hall–Kier alpha value is -0.990. The van der Waals surface area contributed by atoms with Crippen molar-refractivity contribution in [1.82, 2.24) is 10.2 Å². The van der Waals surface area contributed by atoms with Crippen molar-refractivity contribution in [3.8, 4) is 0 Å². The molecule has 1 heterocycles. The topological polar surface area (TPSA) is 32.3 Å². The Morgan fingerprint density at radius 3 is 2.50 bits per heavy atom. The van der Waals surface area contributed by atoms with Crippen LogP contribution >= 0.6 is 0 Å². The molecule has 0 spiro atoms. The maximum Gasteiger partial charge on any atom is 0.249 e. The first-order chi connectivity index (χ1) is 5.43. The van der Waals surface area contributed by atoms with Gasteiger partial charge in [0.05, 0.1) is 0 Å². The molecule has 0 saturated carbocycles. The molecule has 1 amide bonds. The molecular formula is C9H16N2O. The zero-order valence-electron chi connectivity index (χ0n) is 8.09. The number of carbonyl (C=O) groups excluding carboxylic acids is 1. The van der Waals surface area contributed by atoms with E-state index < -0.39 is 0 Å². The molecule has 0 fully saturated rings. The van der Waals surface area contributed by atoms with E-state index in [0.717, 1.165) is 0 Å². The van der Waals surface area contributed by atoms with E-state index in [1.807, 2.05) is 7.05 Å². The first-order valence-electron chi connectivity index (χ1n) is 4.12. The zero-order valence-corrected chi connectivity index (χ0v) is 8.09. The van der Waals surface area contributed by atoms with Gasteiger partial charge in [-0.15, -0.1) is 0 Å². The summed E-state index contributed by atoms with van der Waals surface area (Å²) in [6, 6.07) is 0. The minimum absolute atomic E-state index is 0.0636. The summed E-state index contributed by atoms with van der Waals surface area (Å²) in [4.78, 5) is 13.0. The van der Waals surface area contributed by atoms with Gasteiger partial charge in [0.2, 0.25) is 5.91 Å². The molecule has 1 unspecified atom stereocenters. The second-order valence-corrected chi connectivity index (χ2v) is 4.22. The smallest absolute Gasteiger partial charge is 0.249 e. The Bertz CT molecular complexity index is 215. The molecule has 1 aliphatic heterocycles. The summed E-state index contributed by atoms with van der Waals surface area (Å²) in [7, 11) is 1.81. The first-order valence-corrected chi connectivity index (χ1v) is 4.12. The van der Waals surface area contributed by atoms with Gasteiger partial charge < -0.3 is 10.2 Å². The Morgan fingerprint density at radius 2 is 2.08 bits per heavy atom. The third-order valence-corrected chi connectivity index (χ3v) is 2.04. The molecule has 68 valence electrons. The molecule has 0 aromatic carbocycles. The average molecular weight is 168 g/mol. The molecule has 1 rings (SSSR count). The average Bonchev–Trinajstić information content (AvgIpc) is 1.92. The predicted molar refractivity (Wildman–Crippen MR) is 48.3 cm³/mol. The number of amides is 1. The van der Waals surface area contributed by atoms with Crippen LogP contribution in [0.15, 0.2) is 12.3 Å². The normalized spacial score (nSPS) is 24.2. The van der Waals surface area contributed by atoms with Gasteiger partial charge in [0.25, 0.3) is 0 Å². The van der Waals surface area contributed by atoms with E-state index in [1.54, 1.807) is 17.2 Å². The van der Waals surface area contributed by atoms with E-state index in [-0.39, 0.29) is 17.5 Å². The number of hydrogen-bond acceptors (Lipinski definition) is 2. The minimum atomic E-state index is 0.0636. The molecule has 0 bridgehead atoms.